The molecule has 0 aliphatic rings. The third-order valence-corrected chi connectivity index (χ3v) is 4.42. The molecule has 0 bridgehead atoms. The summed E-state index contributed by atoms with van der Waals surface area (Å²) in [4.78, 5) is 11.9. The van der Waals surface area contributed by atoms with Crippen LogP contribution in [0.3, 0.4) is 0 Å². The van der Waals surface area contributed by atoms with Crippen molar-refractivity contribution in [2.24, 2.45) is 14.1 Å². The fourth-order valence-electron chi connectivity index (χ4n) is 3.27. The molecule has 3 rings (SSSR count). The predicted octanol–water partition coefficient (Wildman–Crippen LogP) is 2.86. The minimum Gasteiger partial charge on any atom is -0.382 e. The molecule has 0 aliphatic heterocycles. The minimum absolute atomic E-state index is 0.0489. The summed E-state index contributed by atoms with van der Waals surface area (Å²) in [5.74, 6) is 0. The zero-order chi connectivity index (χ0) is 16.7. The van der Waals surface area contributed by atoms with Gasteiger partial charge >= 0.3 is 0 Å². The van der Waals surface area contributed by atoms with Gasteiger partial charge in [-0.25, -0.2) is 0 Å². The fraction of sp³-hybridized carbons (Fsp3) is 0.389. The summed E-state index contributed by atoms with van der Waals surface area (Å²) < 4.78 is 11.3. The van der Waals surface area contributed by atoms with E-state index in [1.165, 1.54) is 11.0 Å². The summed E-state index contributed by atoms with van der Waals surface area (Å²) in [6.45, 7) is 4.67. The molecule has 2 heterocycles. The molecule has 0 N–H and O–H groups in total. The number of fused-ring (bicyclic) bond motifs is 1. The second-order valence-corrected chi connectivity index (χ2v) is 6.20. The third-order valence-electron chi connectivity index (χ3n) is 4.42. The normalized spacial score (nSPS) is 12.9. The second-order valence-electron chi connectivity index (χ2n) is 6.20. The van der Waals surface area contributed by atoms with Crippen LogP contribution in [0.5, 0.6) is 0 Å². The first-order chi connectivity index (χ1) is 10.9. The molecule has 0 radical (unpaired) electrons. The number of ether oxygens (including phenoxy) is 1. The molecular weight excluding hydrogens is 290 g/mol. The monoisotopic (exact) mass is 313 g/mol. The van der Waals surface area contributed by atoms with Crippen molar-refractivity contribution < 1.29 is 4.74 Å². The Morgan fingerprint density at radius 3 is 2.52 bits per heavy atom. The van der Waals surface area contributed by atoms with E-state index in [4.69, 9.17) is 4.74 Å². The average molecular weight is 313 g/mol. The second kappa shape index (κ2) is 5.74. The van der Waals surface area contributed by atoms with E-state index in [0.29, 0.717) is 6.61 Å². The van der Waals surface area contributed by atoms with Crippen LogP contribution in [0.25, 0.3) is 22.2 Å². The first-order valence-corrected chi connectivity index (χ1v) is 7.77. The van der Waals surface area contributed by atoms with E-state index in [9.17, 15) is 4.79 Å². The Labute approximate surface area is 135 Å². The third kappa shape index (κ3) is 2.51. The molecular formula is C18H23N3O2. The molecule has 0 amide bonds. The predicted molar refractivity (Wildman–Crippen MR) is 92.9 cm³/mol. The fourth-order valence-corrected chi connectivity index (χ4v) is 3.27. The molecule has 23 heavy (non-hydrogen) atoms. The van der Waals surface area contributed by atoms with Gasteiger partial charge in [-0.15, -0.1) is 0 Å². The lowest BCUT2D eigenvalue weighted by molar-refractivity contribution is 0.151. The highest BCUT2D eigenvalue weighted by atomic mass is 16.5. The van der Waals surface area contributed by atoms with Crippen molar-refractivity contribution in [1.82, 2.24) is 13.9 Å². The van der Waals surface area contributed by atoms with E-state index in [1.54, 1.807) is 18.7 Å². The lowest BCUT2D eigenvalue weighted by Crippen LogP contribution is -2.26. The van der Waals surface area contributed by atoms with Crippen molar-refractivity contribution in [3.63, 3.8) is 0 Å². The molecule has 122 valence electrons. The topological polar surface area (TPSA) is 41.1 Å². The highest BCUT2D eigenvalue weighted by molar-refractivity contribution is 5.84. The van der Waals surface area contributed by atoms with E-state index < -0.39 is 0 Å². The molecule has 1 atom stereocenters. The SMILES string of the molecule is COC[C@@H](C)n1c2cc(-c3cc(C)c(=O)n(C)c3)ccc2n1C. The van der Waals surface area contributed by atoms with Crippen LogP contribution in [0, 0.1) is 6.92 Å². The van der Waals surface area contributed by atoms with Crippen molar-refractivity contribution >= 4 is 11.0 Å². The van der Waals surface area contributed by atoms with Crippen LogP contribution in [0.4, 0.5) is 0 Å². The number of hydrogen-bond acceptors (Lipinski definition) is 2. The van der Waals surface area contributed by atoms with Gasteiger partial charge in [0, 0.05) is 33.0 Å². The molecule has 0 saturated heterocycles. The number of methoxy groups -OCH3 is 1. The van der Waals surface area contributed by atoms with Gasteiger partial charge in [0.25, 0.3) is 5.56 Å². The maximum absolute atomic E-state index is 11.9. The summed E-state index contributed by atoms with van der Waals surface area (Å²) in [6.07, 6.45) is 1.89. The number of pyridine rings is 1. The molecule has 0 aliphatic carbocycles. The summed E-state index contributed by atoms with van der Waals surface area (Å²) in [6, 6.07) is 8.64. The van der Waals surface area contributed by atoms with Crippen molar-refractivity contribution in [1.29, 1.82) is 0 Å². The van der Waals surface area contributed by atoms with Crippen LogP contribution in [-0.4, -0.2) is 27.6 Å². The summed E-state index contributed by atoms with van der Waals surface area (Å²) in [5, 5.41) is 0. The van der Waals surface area contributed by atoms with E-state index >= 15 is 0 Å². The van der Waals surface area contributed by atoms with Crippen molar-refractivity contribution in [2.75, 3.05) is 13.7 Å². The molecule has 2 aromatic heterocycles. The molecule has 1 aromatic carbocycles. The van der Waals surface area contributed by atoms with Crippen LogP contribution in [0.1, 0.15) is 18.5 Å². The maximum Gasteiger partial charge on any atom is 0.253 e. The van der Waals surface area contributed by atoms with Crippen LogP contribution >= 0.6 is 0 Å². The Balaban J connectivity index is 2.10. The van der Waals surface area contributed by atoms with Gasteiger partial charge in [0.15, 0.2) is 0 Å². The molecule has 3 aromatic rings. The first-order valence-electron chi connectivity index (χ1n) is 7.77. The number of nitrogens with zero attached hydrogens (tertiary/aromatic N) is 3. The summed E-state index contributed by atoms with van der Waals surface area (Å²) in [5.41, 5.74) is 5.38. The zero-order valence-electron chi connectivity index (χ0n) is 14.3. The van der Waals surface area contributed by atoms with Crippen molar-refractivity contribution in [2.45, 2.75) is 19.9 Å². The van der Waals surface area contributed by atoms with Crippen molar-refractivity contribution in [3.8, 4) is 11.1 Å². The van der Waals surface area contributed by atoms with Gasteiger partial charge < -0.3 is 9.30 Å². The summed E-state index contributed by atoms with van der Waals surface area (Å²) >= 11 is 0. The Morgan fingerprint density at radius 2 is 1.87 bits per heavy atom. The molecule has 5 heteroatoms. The molecule has 0 fully saturated rings. The first kappa shape index (κ1) is 15.6. The summed E-state index contributed by atoms with van der Waals surface area (Å²) in [7, 11) is 5.58. The Hall–Kier alpha value is -2.27. The largest absolute Gasteiger partial charge is 0.382 e. The van der Waals surface area contributed by atoms with Gasteiger partial charge in [-0.3, -0.25) is 14.2 Å². The van der Waals surface area contributed by atoms with Crippen LogP contribution in [0.15, 0.2) is 35.3 Å². The molecule has 0 saturated carbocycles. The van der Waals surface area contributed by atoms with Gasteiger partial charge in [0.2, 0.25) is 0 Å². The van der Waals surface area contributed by atoms with Gasteiger partial charge in [-0.1, -0.05) is 6.07 Å². The average Bonchev–Trinajstić information content (AvgIpc) is 2.51. The highest BCUT2D eigenvalue weighted by Crippen LogP contribution is 2.28. The van der Waals surface area contributed by atoms with E-state index in [1.807, 2.05) is 19.2 Å². The van der Waals surface area contributed by atoms with Gasteiger partial charge in [-0.05, 0) is 43.2 Å². The van der Waals surface area contributed by atoms with Crippen LogP contribution < -0.4 is 5.56 Å². The van der Waals surface area contributed by atoms with E-state index in [2.05, 4.69) is 41.5 Å². The number of aromatic nitrogens is 3. The van der Waals surface area contributed by atoms with Crippen LogP contribution in [0.2, 0.25) is 0 Å². The van der Waals surface area contributed by atoms with E-state index in [0.717, 1.165) is 16.7 Å². The Morgan fingerprint density at radius 1 is 1.13 bits per heavy atom. The lowest BCUT2D eigenvalue weighted by atomic mass is 10.0. The van der Waals surface area contributed by atoms with Crippen LogP contribution in [-0.2, 0) is 18.8 Å². The maximum atomic E-state index is 11.9. The number of benzene rings is 1. The molecule has 0 unspecified atom stereocenters. The number of hydrogen-bond donors (Lipinski definition) is 0. The van der Waals surface area contributed by atoms with Gasteiger partial charge in [0.1, 0.15) is 0 Å². The Kier molecular flexibility index (Phi) is 3.90. The molecule has 0 spiro atoms. The molecule has 5 nitrogen and oxygen atoms in total. The van der Waals surface area contributed by atoms with Crippen molar-refractivity contribution in [3.05, 3.63) is 46.4 Å². The number of aryl methyl sites for hydroxylation is 3. The van der Waals surface area contributed by atoms with Gasteiger partial charge in [-0.2, -0.15) is 0 Å². The Bertz CT molecular complexity index is 888. The zero-order valence-corrected chi connectivity index (χ0v) is 14.3. The standard InChI is InChI=1S/C18H23N3O2/c1-12-8-15(10-19(3)18(12)22)14-6-7-16-17(9-14)21(20(16)4)13(2)11-23-5/h6-10,13H,11H2,1-5H3/t13-/m1/s1. The smallest absolute Gasteiger partial charge is 0.253 e. The highest BCUT2D eigenvalue weighted by Gasteiger charge is 2.16. The quantitative estimate of drug-likeness (QED) is 0.743. The lowest BCUT2D eigenvalue weighted by Gasteiger charge is -2.29. The number of rotatable bonds is 4. The minimum atomic E-state index is 0.0489. The van der Waals surface area contributed by atoms with E-state index in [-0.39, 0.29) is 11.6 Å². The van der Waals surface area contributed by atoms with Gasteiger partial charge in [0.05, 0.1) is 23.7 Å².